The van der Waals surface area contributed by atoms with Crippen molar-refractivity contribution in [1.29, 1.82) is 0 Å². The number of hydrazone groups is 1. The molecule has 2 N–H and O–H groups in total. The molecule has 1 fully saturated rings. The summed E-state index contributed by atoms with van der Waals surface area (Å²) >= 11 is 0. The van der Waals surface area contributed by atoms with E-state index in [2.05, 4.69) is 15.8 Å². The molecule has 2 aromatic rings. The van der Waals surface area contributed by atoms with E-state index in [4.69, 9.17) is 9.47 Å². The standard InChI is InChI=1S/C25H30N4O5/c1-4-33-22-14-19(10-11-21(22)34-16-23(30)29-12-5-6-13-29)15-26-28-25(32)24(31)27-20-9-7-8-17(2)18(20)3/h7-11,14-15H,4-6,12-13,16H2,1-3H3,(H,27,31)(H,28,32)/b26-15-. The molecule has 0 aromatic heterocycles. The van der Waals surface area contributed by atoms with Gasteiger partial charge in [-0.2, -0.15) is 5.10 Å². The van der Waals surface area contributed by atoms with Gasteiger partial charge < -0.3 is 19.7 Å². The third-order valence-corrected chi connectivity index (χ3v) is 5.52. The van der Waals surface area contributed by atoms with Crippen molar-refractivity contribution in [2.24, 2.45) is 5.10 Å². The monoisotopic (exact) mass is 466 g/mol. The Morgan fingerprint density at radius 1 is 1.03 bits per heavy atom. The van der Waals surface area contributed by atoms with Crippen molar-refractivity contribution in [1.82, 2.24) is 10.3 Å². The fourth-order valence-corrected chi connectivity index (χ4v) is 3.47. The topological polar surface area (TPSA) is 109 Å². The molecule has 0 unspecified atom stereocenters. The summed E-state index contributed by atoms with van der Waals surface area (Å²) in [7, 11) is 0. The SMILES string of the molecule is CCOc1cc(/C=N\NC(=O)C(=O)Nc2cccc(C)c2C)ccc1OCC(=O)N1CCCC1. The van der Waals surface area contributed by atoms with Crippen LogP contribution in [0.4, 0.5) is 5.69 Å². The van der Waals surface area contributed by atoms with Crippen LogP contribution in [0.15, 0.2) is 41.5 Å². The van der Waals surface area contributed by atoms with E-state index in [0.717, 1.165) is 37.1 Å². The molecule has 0 radical (unpaired) electrons. The van der Waals surface area contributed by atoms with E-state index in [1.54, 1.807) is 35.2 Å². The molecule has 180 valence electrons. The maximum absolute atomic E-state index is 12.2. The van der Waals surface area contributed by atoms with Crippen molar-refractivity contribution in [2.75, 3.05) is 31.6 Å². The number of hydrogen-bond donors (Lipinski definition) is 2. The Bertz CT molecular complexity index is 1080. The average Bonchev–Trinajstić information content (AvgIpc) is 3.36. The van der Waals surface area contributed by atoms with Gasteiger partial charge in [-0.05, 0) is 74.6 Å². The lowest BCUT2D eigenvalue weighted by Crippen LogP contribution is -2.32. The van der Waals surface area contributed by atoms with Crippen molar-refractivity contribution in [3.63, 3.8) is 0 Å². The van der Waals surface area contributed by atoms with Crippen LogP contribution in [0.2, 0.25) is 0 Å². The van der Waals surface area contributed by atoms with E-state index >= 15 is 0 Å². The van der Waals surface area contributed by atoms with E-state index in [0.29, 0.717) is 29.4 Å². The second kappa shape index (κ2) is 11.8. The number of aryl methyl sites for hydroxylation is 1. The zero-order valence-corrected chi connectivity index (χ0v) is 19.7. The lowest BCUT2D eigenvalue weighted by Gasteiger charge is -2.17. The van der Waals surface area contributed by atoms with Crippen molar-refractivity contribution in [2.45, 2.75) is 33.6 Å². The summed E-state index contributed by atoms with van der Waals surface area (Å²) in [5.41, 5.74) is 5.31. The van der Waals surface area contributed by atoms with Crippen LogP contribution in [-0.4, -0.2) is 55.1 Å². The molecular weight excluding hydrogens is 436 g/mol. The first-order valence-corrected chi connectivity index (χ1v) is 11.3. The fraction of sp³-hybridized carbons (Fsp3) is 0.360. The minimum atomic E-state index is -0.887. The second-order valence-corrected chi connectivity index (χ2v) is 7.92. The van der Waals surface area contributed by atoms with E-state index in [1.165, 1.54) is 6.21 Å². The maximum Gasteiger partial charge on any atom is 0.329 e. The van der Waals surface area contributed by atoms with Gasteiger partial charge in [0.1, 0.15) is 0 Å². The second-order valence-electron chi connectivity index (χ2n) is 7.92. The van der Waals surface area contributed by atoms with Gasteiger partial charge in [0.15, 0.2) is 18.1 Å². The predicted molar refractivity (Wildman–Crippen MR) is 129 cm³/mol. The number of likely N-dealkylation sites (tertiary alicyclic amines) is 1. The van der Waals surface area contributed by atoms with Crippen molar-refractivity contribution >= 4 is 29.6 Å². The zero-order chi connectivity index (χ0) is 24.5. The van der Waals surface area contributed by atoms with Gasteiger partial charge in [-0.15, -0.1) is 0 Å². The van der Waals surface area contributed by atoms with E-state index in [-0.39, 0.29) is 12.5 Å². The van der Waals surface area contributed by atoms with Crippen LogP contribution in [0.3, 0.4) is 0 Å². The molecule has 0 spiro atoms. The maximum atomic E-state index is 12.2. The molecule has 9 heteroatoms. The quantitative estimate of drug-likeness (QED) is 0.353. The zero-order valence-electron chi connectivity index (χ0n) is 19.7. The fourth-order valence-electron chi connectivity index (χ4n) is 3.47. The molecule has 9 nitrogen and oxygen atoms in total. The summed E-state index contributed by atoms with van der Waals surface area (Å²) in [5.74, 6) is -0.842. The van der Waals surface area contributed by atoms with E-state index in [1.807, 2.05) is 26.8 Å². The van der Waals surface area contributed by atoms with Crippen molar-refractivity contribution in [3.8, 4) is 11.5 Å². The number of amides is 3. The first kappa shape index (κ1) is 24.8. The highest BCUT2D eigenvalue weighted by Crippen LogP contribution is 2.28. The largest absolute Gasteiger partial charge is 0.490 e. The first-order chi connectivity index (χ1) is 16.4. The summed E-state index contributed by atoms with van der Waals surface area (Å²) in [4.78, 5) is 38.3. The highest BCUT2D eigenvalue weighted by Gasteiger charge is 2.19. The van der Waals surface area contributed by atoms with Gasteiger partial charge in [-0.25, -0.2) is 5.43 Å². The van der Waals surface area contributed by atoms with Gasteiger partial charge in [-0.3, -0.25) is 14.4 Å². The summed E-state index contributed by atoms with van der Waals surface area (Å²) < 4.78 is 11.3. The summed E-state index contributed by atoms with van der Waals surface area (Å²) in [5, 5.41) is 6.44. The normalized spacial score (nSPS) is 13.1. The molecule has 0 aliphatic carbocycles. The van der Waals surface area contributed by atoms with Crippen LogP contribution in [0.1, 0.15) is 36.5 Å². The number of benzene rings is 2. The first-order valence-electron chi connectivity index (χ1n) is 11.3. The molecule has 34 heavy (non-hydrogen) atoms. The molecule has 0 bridgehead atoms. The van der Waals surface area contributed by atoms with E-state index < -0.39 is 11.8 Å². The molecule has 0 saturated carbocycles. The van der Waals surface area contributed by atoms with Gasteiger partial charge in [-0.1, -0.05) is 12.1 Å². The summed E-state index contributed by atoms with van der Waals surface area (Å²) in [6.07, 6.45) is 3.44. The van der Waals surface area contributed by atoms with Crippen LogP contribution in [0.25, 0.3) is 0 Å². The number of carbonyl (C=O) groups excluding carboxylic acids is 3. The number of rotatable bonds is 8. The minimum Gasteiger partial charge on any atom is -0.490 e. The van der Waals surface area contributed by atoms with Crippen LogP contribution in [0.5, 0.6) is 11.5 Å². The number of carbonyl (C=O) groups is 3. The number of nitrogens with zero attached hydrogens (tertiary/aromatic N) is 2. The average molecular weight is 467 g/mol. The van der Waals surface area contributed by atoms with Gasteiger partial charge in [0, 0.05) is 18.8 Å². The van der Waals surface area contributed by atoms with Crippen LogP contribution in [-0.2, 0) is 14.4 Å². The Hall–Kier alpha value is -3.88. The Balaban J connectivity index is 1.57. The highest BCUT2D eigenvalue weighted by atomic mass is 16.5. The number of hydrogen-bond acceptors (Lipinski definition) is 6. The van der Waals surface area contributed by atoms with Crippen molar-refractivity contribution < 1.29 is 23.9 Å². The molecule has 1 aliphatic heterocycles. The Morgan fingerprint density at radius 2 is 1.79 bits per heavy atom. The van der Waals surface area contributed by atoms with Gasteiger partial charge >= 0.3 is 11.8 Å². The Morgan fingerprint density at radius 3 is 2.53 bits per heavy atom. The highest BCUT2D eigenvalue weighted by molar-refractivity contribution is 6.39. The molecule has 3 amide bonds. The van der Waals surface area contributed by atoms with Gasteiger partial charge in [0.25, 0.3) is 5.91 Å². The Labute approximate surface area is 199 Å². The Kier molecular flexibility index (Phi) is 8.61. The van der Waals surface area contributed by atoms with Crippen LogP contribution < -0.4 is 20.2 Å². The predicted octanol–water partition coefficient (Wildman–Crippen LogP) is 2.79. The lowest BCUT2D eigenvalue weighted by molar-refractivity contribution is -0.136. The summed E-state index contributed by atoms with van der Waals surface area (Å²) in [6.45, 7) is 7.52. The lowest BCUT2D eigenvalue weighted by atomic mass is 10.1. The molecule has 3 rings (SSSR count). The van der Waals surface area contributed by atoms with E-state index in [9.17, 15) is 14.4 Å². The van der Waals surface area contributed by atoms with Crippen molar-refractivity contribution in [3.05, 3.63) is 53.1 Å². The molecule has 1 saturated heterocycles. The molecule has 1 heterocycles. The number of ether oxygens (including phenoxy) is 2. The van der Waals surface area contributed by atoms with Gasteiger partial charge in [0.05, 0.1) is 12.8 Å². The molecule has 1 aliphatic rings. The molecule has 0 atom stereocenters. The molecule has 2 aromatic carbocycles. The summed E-state index contributed by atoms with van der Waals surface area (Å²) in [6, 6.07) is 10.5. The third kappa shape index (κ3) is 6.57. The van der Waals surface area contributed by atoms with Gasteiger partial charge in [0.2, 0.25) is 0 Å². The molecular formula is C25H30N4O5. The van der Waals surface area contributed by atoms with Crippen LogP contribution >= 0.6 is 0 Å². The third-order valence-electron chi connectivity index (χ3n) is 5.52. The number of nitrogens with one attached hydrogen (secondary N) is 2. The minimum absolute atomic E-state index is 0.0487. The number of anilines is 1. The van der Waals surface area contributed by atoms with Crippen LogP contribution in [0, 0.1) is 13.8 Å². The smallest absolute Gasteiger partial charge is 0.329 e.